The van der Waals surface area contributed by atoms with E-state index in [1.165, 1.54) is 18.3 Å². The molecule has 1 aromatic heterocycles. The van der Waals surface area contributed by atoms with Crippen molar-refractivity contribution >= 4 is 21.5 Å². The van der Waals surface area contributed by atoms with Crippen molar-refractivity contribution in [3.63, 3.8) is 0 Å². The molecule has 136 valence electrons. The van der Waals surface area contributed by atoms with E-state index in [-0.39, 0.29) is 11.0 Å². The maximum Gasteiger partial charge on any atom is 0.261 e. The summed E-state index contributed by atoms with van der Waals surface area (Å²) < 4.78 is 37.8. The fraction of sp³-hybridized carbons (Fsp3) is 0.353. The van der Waals surface area contributed by atoms with Crippen LogP contribution in [0.1, 0.15) is 13.8 Å². The summed E-state index contributed by atoms with van der Waals surface area (Å²) >= 11 is 0. The summed E-state index contributed by atoms with van der Waals surface area (Å²) in [5.41, 5.74) is 0.389. The quantitative estimate of drug-likeness (QED) is 0.664. The third-order valence-corrected chi connectivity index (χ3v) is 4.53. The van der Waals surface area contributed by atoms with Gasteiger partial charge < -0.3 is 14.8 Å². The van der Waals surface area contributed by atoms with E-state index in [0.717, 1.165) is 0 Å². The third-order valence-electron chi connectivity index (χ3n) is 3.13. The molecule has 0 fully saturated rings. The Morgan fingerprint density at radius 1 is 1.12 bits per heavy atom. The minimum Gasteiger partial charge on any atom is -0.491 e. The van der Waals surface area contributed by atoms with Gasteiger partial charge in [-0.3, -0.25) is 4.72 Å². The largest absolute Gasteiger partial charge is 0.491 e. The van der Waals surface area contributed by atoms with Gasteiger partial charge in [0, 0.05) is 13.7 Å². The molecule has 0 aliphatic heterocycles. The highest BCUT2D eigenvalue weighted by Gasteiger charge is 2.14. The molecule has 1 heterocycles. The van der Waals surface area contributed by atoms with Crippen molar-refractivity contribution in [2.45, 2.75) is 24.8 Å². The predicted octanol–water partition coefficient (Wildman–Crippen LogP) is 2.73. The molecule has 0 aliphatic carbocycles. The lowest BCUT2D eigenvalue weighted by molar-refractivity contribution is 0.210. The van der Waals surface area contributed by atoms with Gasteiger partial charge >= 0.3 is 0 Å². The normalized spacial score (nSPS) is 11.4. The van der Waals surface area contributed by atoms with Crippen LogP contribution in [0.5, 0.6) is 5.75 Å². The molecule has 1 aromatic carbocycles. The molecule has 0 radical (unpaired) electrons. The van der Waals surface area contributed by atoms with Crippen molar-refractivity contribution in [1.29, 1.82) is 0 Å². The summed E-state index contributed by atoms with van der Waals surface area (Å²) in [6.07, 6.45) is 1.49. The monoisotopic (exact) mass is 365 g/mol. The molecule has 0 atom stereocenters. The van der Waals surface area contributed by atoms with Crippen molar-refractivity contribution in [3.05, 3.63) is 42.6 Å². The number of nitrogens with zero attached hydrogens (tertiary/aromatic N) is 1. The second-order valence-electron chi connectivity index (χ2n) is 5.60. The summed E-state index contributed by atoms with van der Waals surface area (Å²) in [7, 11) is -2.06. The van der Waals surface area contributed by atoms with Gasteiger partial charge in [-0.15, -0.1) is 0 Å². The summed E-state index contributed by atoms with van der Waals surface area (Å²) in [4.78, 5) is 4.32. The van der Waals surface area contributed by atoms with Crippen LogP contribution < -0.4 is 14.8 Å². The SMILES string of the molecule is COCCNc1ccc(NS(=O)(=O)c2ccc(OC(C)C)cc2)cn1. The van der Waals surface area contributed by atoms with Crippen LogP contribution >= 0.6 is 0 Å². The van der Waals surface area contributed by atoms with Gasteiger partial charge in [-0.2, -0.15) is 0 Å². The number of benzene rings is 1. The smallest absolute Gasteiger partial charge is 0.261 e. The lowest BCUT2D eigenvalue weighted by Crippen LogP contribution is -2.14. The number of sulfonamides is 1. The zero-order chi connectivity index (χ0) is 18.3. The van der Waals surface area contributed by atoms with Gasteiger partial charge in [0.15, 0.2) is 0 Å². The highest BCUT2D eigenvalue weighted by atomic mass is 32.2. The molecule has 7 nitrogen and oxygen atoms in total. The molecule has 0 spiro atoms. The van der Waals surface area contributed by atoms with Crippen molar-refractivity contribution in [2.24, 2.45) is 0 Å². The lowest BCUT2D eigenvalue weighted by atomic mass is 10.3. The van der Waals surface area contributed by atoms with Crippen LogP contribution in [0.15, 0.2) is 47.5 Å². The first-order chi connectivity index (χ1) is 11.9. The van der Waals surface area contributed by atoms with Gasteiger partial charge in [-0.1, -0.05) is 0 Å². The highest BCUT2D eigenvalue weighted by Crippen LogP contribution is 2.20. The summed E-state index contributed by atoms with van der Waals surface area (Å²) in [5.74, 6) is 1.28. The highest BCUT2D eigenvalue weighted by molar-refractivity contribution is 7.92. The van der Waals surface area contributed by atoms with Gasteiger partial charge in [0.2, 0.25) is 0 Å². The van der Waals surface area contributed by atoms with Crippen molar-refractivity contribution < 1.29 is 17.9 Å². The van der Waals surface area contributed by atoms with E-state index in [1.807, 2.05) is 13.8 Å². The standard InChI is InChI=1S/C17H23N3O4S/c1-13(2)24-15-5-7-16(8-6-15)25(21,22)20-14-4-9-17(19-12-14)18-10-11-23-3/h4-9,12-13,20H,10-11H2,1-3H3,(H,18,19). The van der Waals surface area contributed by atoms with Crippen LogP contribution in [0, 0.1) is 0 Å². The minimum absolute atomic E-state index is 0.0302. The number of rotatable bonds is 9. The molecular formula is C17H23N3O4S. The van der Waals surface area contributed by atoms with E-state index < -0.39 is 10.0 Å². The summed E-state index contributed by atoms with van der Waals surface area (Å²) in [6, 6.07) is 9.64. The van der Waals surface area contributed by atoms with E-state index in [2.05, 4.69) is 15.0 Å². The van der Waals surface area contributed by atoms with Crippen LogP contribution in [0.4, 0.5) is 11.5 Å². The molecule has 0 aliphatic rings. The second kappa shape index (κ2) is 8.68. The van der Waals surface area contributed by atoms with Crippen LogP contribution in [-0.2, 0) is 14.8 Å². The zero-order valence-corrected chi connectivity index (χ0v) is 15.3. The summed E-state index contributed by atoms with van der Waals surface area (Å²) in [5, 5.41) is 3.06. The molecule has 25 heavy (non-hydrogen) atoms. The van der Waals surface area contributed by atoms with Crippen molar-refractivity contribution in [3.8, 4) is 5.75 Å². The second-order valence-corrected chi connectivity index (χ2v) is 7.28. The Morgan fingerprint density at radius 2 is 1.84 bits per heavy atom. The van der Waals surface area contributed by atoms with E-state index in [4.69, 9.17) is 9.47 Å². The molecule has 8 heteroatoms. The van der Waals surface area contributed by atoms with Gasteiger partial charge in [0.25, 0.3) is 10.0 Å². The molecule has 0 unspecified atom stereocenters. The zero-order valence-electron chi connectivity index (χ0n) is 14.5. The number of methoxy groups -OCH3 is 1. The average Bonchev–Trinajstić information content (AvgIpc) is 2.56. The topological polar surface area (TPSA) is 89.6 Å². The number of aromatic nitrogens is 1. The average molecular weight is 365 g/mol. The molecular weight excluding hydrogens is 342 g/mol. The molecule has 2 rings (SSSR count). The fourth-order valence-corrected chi connectivity index (χ4v) is 3.07. The van der Waals surface area contributed by atoms with Crippen molar-refractivity contribution in [2.75, 3.05) is 30.3 Å². The molecule has 0 saturated carbocycles. The number of ether oxygens (including phenoxy) is 2. The van der Waals surface area contributed by atoms with Crippen LogP contribution in [0.25, 0.3) is 0 Å². The van der Waals surface area contributed by atoms with E-state index in [0.29, 0.717) is 30.4 Å². The molecule has 0 bridgehead atoms. The van der Waals surface area contributed by atoms with Gasteiger partial charge in [-0.05, 0) is 50.2 Å². The van der Waals surface area contributed by atoms with Gasteiger partial charge in [0.1, 0.15) is 11.6 Å². The van der Waals surface area contributed by atoms with E-state index in [1.54, 1.807) is 31.4 Å². The van der Waals surface area contributed by atoms with Crippen molar-refractivity contribution in [1.82, 2.24) is 4.98 Å². The number of hydrogen-bond donors (Lipinski definition) is 2. The first-order valence-electron chi connectivity index (χ1n) is 7.89. The third kappa shape index (κ3) is 5.91. The van der Waals surface area contributed by atoms with Crippen LogP contribution in [0.2, 0.25) is 0 Å². The van der Waals surface area contributed by atoms with E-state index in [9.17, 15) is 8.42 Å². The Balaban J connectivity index is 2.02. The Hall–Kier alpha value is -2.32. The number of hydrogen-bond acceptors (Lipinski definition) is 6. The van der Waals surface area contributed by atoms with Crippen LogP contribution in [0.3, 0.4) is 0 Å². The maximum absolute atomic E-state index is 12.4. The lowest BCUT2D eigenvalue weighted by Gasteiger charge is -2.11. The number of nitrogens with one attached hydrogen (secondary N) is 2. The molecule has 2 N–H and O–H groups in total. The Labute approximate surface area is 148 Å². The predicted molar refractivity (Wildman–Crippen MR) is 97.6 cm³/mol. The fourth-order valence-electron chi connectivity index (χ4n) is 2.02. The minimum atomic E-state index is -3.68. The number of anilines is 2. The summed E-state index contributed by atoms with van der Waals surface area (Å²) in [6.45, 7) is 5.01. The van der Waals surface area contributed by atoms with Gasteiger partial charge in [0.05, 0.1) is 29.5 Å². The molecule has 2 aromatic rings. The molecule has 0 saturated heterocycles. The van der Waals surface area contributed by atoms with E-state index >= 15 is 0 Å². The maximum atomic E-state index is 12.4. The molecule has 0 amide bonds. The Morgan fingerprint density at radius 3 is 2.40 bits per heavy atom. The van der Waals surface area contributed by atoms with Crippen LogP contribution in [-0.4, -0.2) is 39.8 Å². The first kappa shape index (κ1) is 19.0. The van der Waals surface area contributed by atoms with Gasteiger partial charge in [-0.25, -0.2) is 13.4 Å². The Bertz CT molecular complexity index is 759. The first-order valence-corrected chi connectivity index (χ1v) is 9.37. The number of pyridine rings is 1. The Kier molecular flexibility index (Phi) is 6.60.